The van der Waals surface area contributed by atoms with Gasteiger partial charge in [0.25, 0.3) is 5.56 Å². The van der Waals surface area contributed by atoms with E-state index in [1.165, 1.54) is 0 Å². The van der Waals surface area contributed by atoms with Crippen LogP contribution in [0.5, 0.6) is 0 Å². The van der Waals surface area contributed by atoms with Crippen LogP contribution in [0.4, 0.5) is 0 Å². The van der Waals surface area contributed by atoms with Crippen LogP contribution >= 0.6 is 22.7 Å². The number of thiophene rings is 1. The van der Waals surface area contributed by atoms with Gasteiger partial charge >= 0.3 is 0 Å². The molecule has 0 spiro atoms. The van der Waals surface area contributed by atoms with Crippen LogP contribution < -0.4 is 5.56 Å². The summed E-state index contributed by atoms with van der Waals surface area (Å²) in [5.41, 5.74) is 1.92. The van der Waals surface area contributed by atoms with Gasteiger partial charge in [-0.05, 0) is 49.5 Å². The number of rotatable bonds is 5. The molecular formula is C22H21N7OS2. The maximum Gasteiger partial charge on any atom is 0.261 e. The van der Waals surface area contributed by atoms with Gasteiger partial charge in [0.1, 0.15) is 5.01 Å². The first-order valence-electron chi connectivity index (χ1n) is 10.7. The van der Waals surface area contributed by atoms with E-state index < -0.39 is 0 Å². The van der Waals surface area contributed by atoms with Crippen molar-refractivity contribution in [1.82, 2.24) is 34.3 Å². The van der Waals surface area contributed by atoms with Gasteiger partial charge in [-0.15, -0.1) is 10.2 Å². The Morgan fingerprint density at radius 1 is 1.06 bits per heavy atom. The van der Waals surface area contributed by atoms with Crippen molar-refractivity contribution in [2.75, 3.05) is 19.6 Å². The number of piperidine rings is 1. The molecule has 0 aliphatic carbocycles. The molecule has 162 valence electrons. The lowest BCUT2D eigenvalue weighted by atomic mass is 9.96. The summed E-state index contributed by atoms with van der Waals surface area (Å²) < 4.78 is 3.65. The van der Waals surface area contributed by atoms with E-state index >= 15 is 0 Å². The molecule has 0 N–H and O–H groups in total. The zero-order valence-electron chi connectivity index (χ0n) is 17.3. The van der Waals surface area contributed by atoms with Crippen molar-refractivity contribution >= 4 is 38.5 Å². The topological polar surface area (TPSA) is 81.2 Å². The molecule has 10 heteroatoms. The van der Waals surface area contributed by atoms with Crippen LogP contribution in [-0.2, 0) is 6.54 Å². The van der Waals surface area contributed by atoms with E-state index in [1.807, 2.05) is 28.8 Å². The summed E-state index contributed by atoms with van der Waals surface area (Å²) in [6, 6.07) is 9.59. The van der Waals surface area contributed by atoms with Gasteiger partial charge in [0.2, 0.25) is 4.96 Å². The Morgan fingerprint density at radius 2 is 1.94 bits per heavy atom. The summed E-state index contributed by atoms with van der Waals surface area (Å²) in [5.74, 6) is 1.32. The zero-order valence-corrected chi connectivity index (χ0v) is 18.9. The van der Waals surface area contributed by atoms with Crippen LogP contribution in [0.25, 0.3) is 26.4 Å². The number of para-hydroxylation sites is 1. The van der Waals surface area contributed by atoms with Crippen LogP contribution in [0.3, 0.4) is 0 Å². The van der Waals surface area contributed by atoms with Gasteiger partial charge in [0.15, 0.2) is 5.82 Å². The van der Waals surface area contributed by atoms with Gasteiger partial charge in [0, 0.05) is 30.0 Å². The number of fused-ring (bicyclic) bond motifs is 2. The van der Waals surface area contributed by atoms with Crippen molar-refractivity contribution in [1.29, 1.82) is 0 Å². The molecule has 6 rings (SSSR count). The molecule has 8 nitrogen and oxygen atoms in total. The quantitative estimate of drug-likeness (QED) is 0.397. The first-order valence-corrected chi connectivity index (χ1v) is 12.4. The summed E-state index contributed by atoms with van der Waals surface area (Å²) in [4.78, 5) is 20.4. The predicted molar refractivity (Wildman–Crippen MR) is 126 cm³/mol. The standard InChI is InChI=1S/C22H21N7OS2/c30-21-17-3-1-2-4-18(17)23-14-28(21)11-10-27-8-5-15(6-9-27)19-24-25-22-29(19)26-20(32-22)16-7-12-31-13-16/h1-4,7,12-15H,5-6,8-11H2. The van der Waals surface area contributed by atoms with Gasteiger partial charge in [-0.3, -0.25) is 9.36 Å². The highest BCUT2D eigenvalue weighted by molar-refractivity contribution is 7.20. The third-order valence-corrected chi connectivity index (χ3v) is 7.76. The lowest BCUT2D eigenvalue weighted by molar-refractivity contribution is 0.201. The molecule has 0 bridgehead atoms. The molecule has 5 aromatic rings. The number of hydrogen-bond acceptors (Lipinski definition) is 8. The van der Waals surface area contributed by atoms with E-state index in [9.17, 15) is 4.79 Å². The van der Waals surface area contributed by atoms with E-state index in [4.69, 9.17) is 5.10 Å². The van der Waals surface area contributed by atoms with Crippen molar-refractivity contribution in [2.24, 2.45) is 0 Å². The molecule has 1 fully saturated rings. The summed E-state index contributed by atoms with van der Waals surface area (Å²) in [6.45, 7) is 3.42. The Bertz CT molecular complexity index is 1430. The van der Waals surface area contributed by atoms with Crippen molar-refractivity contribution in [2.45, 2.75) is 25.3 Å². The highest BCUT2D eigenvalue weighted by Crippen LogP contribution is 2.31. The normalized spacial score (nSPS) is 15.8. The van der Waals surface area contributed by atoms with Gasteiger partial charge in [-0.25, -0.2) is 4.98 Å². The third-order valence-electron chi connectivity index (χ3n) is 6.12. The molecule has 0 radical (unpaired) electrons. The second-order valence-corrected chi connectivity index (χ2v) is 9.78. The minimum absolute atomic E-state index is 0.0290. The Kier molecular flexibility index (Phi) is 5.05. The van der Waals surface area contributed by atoms with Crippen LogP contribution in [-0.4, -0.2) is 53.9 Å². The fourth-order valence-corrected chi connectivity index (χ4v) is 5.88. The molecule has 4 aromatic heterocycles. The van der Waals surface area contributed by atoms with Gasteiger partial charge < -0.3 is 4.90 Å². The number of aromatic nitrogens is 6. The molecule has 0 atom stereocenters. The van der Waals surface area contributed by atoms with Crippen molar-refractivity contribution in [3.05, 3.63) is 63.6 Å². The molecular weight excluding hydrogens is 442 g/mol. The maximum absolute atomic E-state index is 12.7. The molecule has 1 saturated heterocycles. The fourth-order valence-electron chi connectivity index (χ4n) is 4.32. The van der Waals surface area contributed by atoms with E-state index in [-0.39, 0.29) is 5.56 Å². The first kappa shape index (κ1) is 19.7. The Labute approximate surface area is 191 Å². The second-order valence-electron chi connectivity index (χ2n) is 8.05. The van der Waals surface area contributed by atoms with E-state index in [0.717, 1.165) is 59.3 Å². The van der Waals surface area contributed by atoms with Crippen LogP contribution in [0.2, 0.25) is 0 Å². The average molecular weight is 464 g/mol. The van der Waals surface area contributed by atoms with Gasteiger partial charge in [-0.2, -0.15) is 21.0 Å². The highest BCUT2D eigenvalue weighted by Gasteiger charge is 2.26. The fraction of sp³-hybridized carbons (Fsp3) is 0.318. The highest BCUT2D eigenvalue weighted by atomic mass is 32.1. The minimum atomic E-state index is 0.0290. The van der Waals surface area contributed by atoms with Crippen LogP contribution in [0.1, 0.15) is 24.6 Å². The number of nitrogens with zero attached hydrogens (tertiary/aromatic N) is 7. The average Bonchev–Trinajstić information content (AvgIpc) is 3.57. The van der Waals surface area contributed by atoms with E-state index in [1.54, 1.807) is 33.6 Å². The van der Waals surface area contributed by atoms with Crippen molar-refractivity contribution < 1.29 is 0 Å². The SMILES string of the molecule is O=c1c2ccccc2ncn1CCN1CCC(c2nnc3sc(-c4ccsc4)nn23)CC1. The van der Waals surface area contributed by atoms with Crippen molar-refractivity contribution in [3.8, 4) is 10.6 Å². The maximum atomic E-state index is 12.7. The molecule has 1 aromatic carbocycles. The monoisotopic (exact) mass is 463 g/mol. The first-order chi connectivity index (χ1) is 15.8. The largest absolute Gasteiger partial charge is 0.302 e. The zero-order chi connectivity index (χ0) is 21.5. The molecule has 5 heterocycles. The van der Waals surface area contributed by atoms with E-state index in [0.29, 0.717) is 17.8 Å². The number of benzene rings is 1. The minimum Gasteiger partial charge on any atom is -0.302 e. The molecule has 32 heavy (non-hydrogen) atoms. The van der Waals surface area contributed by atoms with E-state index in [2.05, 4.69) is 36.9 Å². The molecule has 0 amide bonds. The Hall–Kier alpha value is -2.95. The smallest absolute Gasteiger partial charge is 0.261 e. The Morgan fingerprint density at radius 3 is 2.78 bits per heavy atom. The van der Waals surface area contributed by atoms with Crippen molar-refractivity contribution in [3.63, 3.8) is 0 Å². The van der Waals surface area contributed by atoms with Crippen LogP contribution in [0.15, 0.2) is 52.2 Å². The summed E-state index contributed by atoms with van der Waals surface area (Å²) in [6.07, 6.45) is 3.69. The molecule has 0 unspecified atom stereocenters. The summed E-state index contributed by atoms with van der Waals surface area (Å²) in [5, 5.41) is 19.4. The molecule has 0 saturated carbocycles. The Balaban J connectivity index is 1.12. The number of likely N-dealkylation sites (tertiary alicyclic amines) is 1. The van der Waals surface area contributed by atoms with Crippen LogP contribution in [0, 0.1) is 0 Å². The number of hydrogen-bond donors (Lipinski definition) is 0. The summed E-state index contributed by atoms with van der Waals surface area (Å²) in [7, 11) is 0. The lowest BCUT2D eigenvalue weighted by Crippen LogP contribution is -2.37. The lowest BCUT2D eigenvalue weighted by Gasteiger charge is -2.30. The second kappa shape index (κ2) is 8.19. The van der Waals surface area contributed by atoms with Gasteiger partial charge in [-0.1, -0.05) is 23.5 Å². The van der Waals surface area contributed by atoms with Gasteiger partial charge in [0.05, 0.1) is 17.2 Å². The predicted octanol–water partition coefficient (Wildman–Crippen LogP) is 3.50. The summed E-state index contributed by atoms with van der Waals surface area (Å²) >= 11 is 3.26. The molecule has 1 aliphatic heterocycles. The molecule has 1 aliphatic rings. The third kappa shape index (κ3) is 3.54.